The fourth-order valence-electron chi connectivity index (χ4n) is 3.87. The van der Waals surface area contributed by atoms with Crippen LogP contribution in [-0.4, -0.2) is 17.6 Å². The third-order valence-corrected chi connectivity index (χ3v) is 6.31. The number of carbonyl (C=O) groups is 2. The van der Waals surface area contributed by atoms with Gasteiger partial charge in [-0.3, -0.25) is 14.5 Å². The second-order valence-electron chi connectivity index (χ2n) is 7.60. The molecule has 158 valence electrons. The molecule has 1 N–H and O–H groups in total. The van der Waals surface area contributed by atoms with Crippen molar-refractivity contribution in [3.8, 4) is 0 Å². The lowest BCUT2D eigenvalue weighted by molar-refractivity contribution is -0.116. The van der Waals surface area contributed by atoms with Crippen LogP contribution in [0.2, 0.25) is 0 Å². The topological polar surface area (TPSA) is 49.4 Å². The first-order chi connectivity index (χ1) is 15.2. The Labute approximate surface area is 187 Å². The molecule has 3 aromatic rings. The molecule has 0 saturated carbocycles. The van der Waals surface area contributed by atoms with E-state index in [2.05, 4.69) is 17.4 Å². The molecule has 31 heavy (non-hydrogen) atoms. The van der Waals surface area contributed by atoms with E-state index in [1.807, 2.05) is 72.5 Å². The fourth-order valence-corrected chi connectivity index (χ4v) is 4.68. The predicted molar refractivity (Wildman–Crippen MR) is 128 cm³/mol. The van der Waals surface area contributed by atoms with Crippen molar-refractivity contribution in [1.82, 2.24) is 0 Å². The van der Waals surface area contributed by atoms with Crippen LogP contribution in [0.5, 0.6) is 0 Å². The normalized spacial score (nSPS) is 12.5. The molecule has 0 spiro atoms. The monoisotopic (exact) mass is 430 g/mol. The lowest BCUT2D eigenvalue weighted by Crippen LogP contribution is -2.28. The molecule has 0 bridgehead atoms. The molecule has 0 fully saturated rings. The average Bonchev–Trinajstić information content (AvgIpc) is 2.95. The summed E-state index contributed by atoms with van der Waals surface area (Å²) in [4.78, 5) is 28.1. The number of hydrogen-bond acceptors (Lipinski definition) is 3. The first-order valence-electron chi connectivity index (χ1n) is 10.7. The number of para-hydroxylation sites is 2. The summed E-state index contributed by atoms with van der Waals surface area (Å²) >= 11 is 1.49. The van der Waals surface area contributed by atoms with Gasteiger partial charge in [-0.05, 0) is 60.7 Å². The molecule has 2 amide bonds. The lowest BCUT2D eigenvalue weighted by Gasteiger charge is -2.25. The molecule has 4 rings (SSSR count). The molecule has 4 nitrogen and oxygen atoms in total. The van der Waals surface area contributed by atoms with Crippen LogP contribution in [-0.2, 0) is 22.4 Å². The number of carbonyl (C=O) groups excluding carboxylic acids is 2. The van der Waals surface area contributed by atoms with E-state index in [1.54, 1.807) is 0 Å². The van der Waals surface area contributed by atoms with Crippen molar-refractivity contribution in [1.29, 1.82) is 0 Å². The Balaban J connectivity index is 1.54. The largest absolute Gasteiger partial charge is 0.326 e. The van der Waals surface area contributed by atoms with Gasteiger partial charge in [0.05, 0.1) is 17.1 Å². The van der Waals surface area contributed by atoms with Gasteiger partial charge in [-0.15, -0.1) is 11.8 Å². The van der Waals surface area contributed by atoms with E-state index in [9.17, 15) is 9.59 Å². The molecule has 3 aromatic carbocycles. The average molecular weight is 431 g/mol. The Morgan fingerprint density at radius 2 is 1.55 bits per heavy atom. The third-order valence-electron chi connectivity index (χ3n) is 5.34. The van der Waals surface area contributed by atoms with Crippen LogP contribution in [0.4, 0.5) is 17.1 Å². The maximum absolute atomic E-state index is 13.4. The van der Waals surface area contributed by atoms with Gasteiger partial charge in [0.15, 0.2) is 0 Å². The van der Waals surface area contributed by atoms with Crippen LogP contribution >= 0.6 is 11.8 Å². The standard InChI is InChI=1S/C26H26N2O2S/c1-2-8-25(29)27-21-11-7-12-22(17-21)31-18-26(30)28-23-13-5-3-9-19(23)15-16-20-10-4-6-14-24(20)28/h3-7,9-14,17H,2,8,15-16,18H2,1H3,(H,27,29). The minimum atomic E-state index is 0.0125. The number of nitrogens with zero attached hydrogens (tertiary/aromatic N) is 1. The minimum Gasteiger partial charge on any atom is -0.326 e. The molecule has 0 aliphatic carbocycles. The van der Waals surface area contributed by atoms with Crippen molar-refractivity contribution < 1.29 is 9.59 Å². The van der Waals surface area contributed by atoms with Gasteiger partial charge in [0.2, 0.25) is 11.8 Å². The molecule has 1 aliphatic rings. The zero-order valence-corrected chi connectivity index (χ0v) is 18.5. The van der Waals surface area contributed by atoms with E-state index in [4.69, 9.17) is 0 Å². The van der Waals surface area contributed by atoms with Crippen molar-refractivity contribution in [2.75, 3.05) is 16.0 Å². The summed E-state index contributed by atoms with van der Waals surface area (Å²) in [5.74, 6) is 0.375. The van der Waals surface area contributed by atoms with Gasteiger partial charge in [0, 0.05) is 17.0 Å². The number of amides is 2. The smallest absolute Gasteiger partial charge is 0.241 e. The lowest BCUT2D eigenvalue weighted by atomic mass is 10.0. The maximum atomic E-state index is 13.4. The van der Waals surface area contributed by atoms with Gasteiger partial charge in [0.1, 0.15) is 0 Å². The number of benzene rings is 3. The summed E-state index contributed by atoms with van der Waals surface area (Å²) in [6, 6.07) is 24.0. The van der Waals surface area contributed by atoms with Gasteiger partial charge >= 0.3 is 0 Å². The van der Waals surface area contributed by atoms with Crippen molar-refractivity contribution >= 4 is 40.6 Å². The van der Waals surface area contributed by atoms with E-state index in [0.29, 0.717) is 12.2 Å². The van der Waals surface area contributed by atoms with Crippen LogP contribution < -0.4 is 10.2 Å². The molecule has 1 aliphatic heterocycles. The van der Waals surface area contributed by atoms with Crippen LogP contribution in [0, 0.1) is 0 Å². The van der Waals surface area contributed by atoms with Crippen molar-refractivity contribution in [3.05, 3.63) is 83.9 Å². The van der Waals surface area contributed by atoms with Gasteiger partial charge in [-0.25, -0.2) is 0 Å². The summed E-state index contributed by atoms with van der Waals surface area (Å²) in [6.45, 7) is 1.98. The number of aryl methyl sites for hydroxylation is 2. The molecular weight excluding hydrogens is 404 g/mol. The summed E-state index contributed by atoms with van der Waals surface area (Å²) in [7, 11) is 0. The maximum Gasteiger partial charge on any atom is 0.241 e. The second kappa shape index (κ2) is 9.84. The Kier molecular flexibility index (Phi) is 6.73. The molecular formula is C26H26N2O2S. The third kappa shape index (κ3) is 5.00. The Morgan fingerprint density at radius 1 is 0.903 bits per heavy atom. The zero-order valence-electron chi connectivity index (χ0n) is 17.6. The summed E-state index contributed by atoms with van der Waals surface area (Å²) < 4.78 is 0. The van der Waals surface area contributed by atoms with E-state index in [0.717, 1.165) is 41.2 Å². The van der Waals surface area contributed by atoms with Gasteiger partial charge in [0.25, 0.3) is 0 Å². The van der Waals surface area contributed by atoms with Crippen LogP contribution in [0.3, 0.4) is 0 Å². The SMILES string of the molecule is CCCC(=O)Nc1cccc(SCC(=O)N2c3ccccc3CCc3ccccc32)c1. The van der Waals surface area contributed by atoms with E-state index in [1.165, 1.54) is 22.9 Å². The van der Waals surface area contributed by atoms with Crippen molar-refractivity contribution in [2.45, 2.75) is 37.5 Å². The van der Waals surface area contributed by atoms with Crippen LogP contribution in [0.1, 0.15) is 30.9 Å². The second-order valence-corrected chi connectivity index (χ2v) is 8.65. The highest BCUT2D eigenvalue weighted by Crippen LogP contribution is 2.36. The first-order valence-corrected chi connectivity index (χ1v) is 11.7. The molecule has 0 saturated heterocycles. The number of anilines is 3. The summed E-state index contributed by atoms with van der Waals surface area (Å²) in [5.41, 5.74) is 5.09. The predicted octanol–water partition coefficient (Wildman–Crippen LogP) is 5.98. The Hall–Kier alpha value is -3.05. The van der Waals surface area contributed by atoms with Gasteiger partial charge in [-0.2, -0.15) is 0 Å². The Bertz CT molecular complexity index is 1050. The summed E-state index contributed by atoms with van der Waals surface area (Å²) in [5, 5.41) is 2.92. The zero-order chi connectivity index (χ0) is 21.6. The molecule has 0 atom stereocenters. The van der Waals surface area contributed by atoms with E-state index < -0.39 is 0 Å². The number of nitrogens with one attached hydrogen (secondary N) is 1. The minimum absolute atomic E-state index is 0.0125. The Morgan fingerprint density at radius 3 is 2.19 bits per heavy atom. The van der Waals surface area contributed by atoms with Crippen molar-refractivity contribution in [2.24, 2.45) is 0 Å². The van der Waals surface area contributed by atoms with Crippen LogP contribution in [0.25, 0.3) is 0 Å². The van der Waals surface area contributed by atoms with Crippen molar-refractivity contribution in [3.63, 3.8) is 0 Å². The highest BCUT2D eigenvalue weighted by atomic mass is 32.2. The molecule has 5 heteroatoms. The van der Waals surface area contributed by atoms with E-state index in [-0.39, 0.29) is 11.8 Å². The van der Waals surface area contributed by atoms with Crippen LogP contribution in [0.15, 0.2) is 77.7 Å². The molecule has 1 heterocycles. The number of fused-ring (bicyclic) bond motifs is 2. The highest BCUT2D eigenvalue weighted by Gasteiger charge is 2.25. The number of rotatable bonds is 6. The van der Waals surface area contributed by atoms with Gasteiger partial charge < -0.3 is 5.32 Å². The first kappa shape index (κ1) is 21.2. The summed E-state index contributed by atoms with van der Waals surface area (Å²) in [6.07, 6.45) is 3.16. The molecule has 0 aromatic heterocycles. The number of hydrogen-bond donors (Lipinski definition) is 1. The van der Waals surface area contributed by atoms with Gasteiger partial charge in [-0.1, -0.05) is 49.4 Å². The fraction of sp³-hybridized carbons (Fsp3) is 0.231. The number of thioether (sulfide) groups is 1. The van der Waals surface area contributed by atoms with E-state index >= 15 is 0 Å². The molecule has 0 radical (unpaired) electrons. The highest BCUT2D eigenvalue weighted by molar-refractivity contribution is 8.00. The quantitative estimate of drug-likeness (QED) is 0.489. The molecule has 0 unspecified atom stereocenters.